The average molecular weight is 430 g/mol. The van der Waals surface area contributed by atoms with Gasteiger partial charge >= 0.3 is 0 Å². The van der Waals surface area contributed by atoms with Crippen LogP contribution in [0.3, 0.4) is 0 Å². The van der Waals surface area contributed by atoms with Gasteiger partial charge in [-0.1, -0.05) is 30.1 Å². The number of benzene rings is 1. The summed E-state index contributed by atoms with van der Waals surface area (Å²) in [6.45, 7) is 1.68. The van der Waals surface area contributed by atoms with Gasteiger partial charge in [0.2, 0.25) is 10.0 Å². The second-order valence-corrected chi connectivity index (χ2v) is 8.47. The summed E-state index contributed by atoms with van der Waals surface area (Å²) in [6, 6.07) is 3.96. The summed E-state index contributed by atoms with van der Waals surface area (Å²) in [5.41, 5.74) is -0.255. The van der Waals surface area contributed by atoms with Crippen molar-refractivity contribution < 1.29 is 17.6 Å². The van der Waals surface area contributed by atoms with Crippen LogP contribution in [0.4, 0.5) is 10.1 Å². The van der Waals surface area contributed by atoms with Crippen molar-refractivity contribution in [3.63, 3.8) is 0 Å². The molecule has 0 unspecified atom stereocenters. The van der Waals surface area contributed by atoms with Crippen molar-refractivity contribution in [3.8, 4) is 0 Å². The van der Waals surface area contributed by atoms with E-state index in [2.05, 4.69) is 14.7 Å². The van der Waals surface area contributed by atoms with Crippen LogP contribution in [0.1, 0.15) is 29.3 Å². The molecule has 0 saturated carbocycles. The maximum atomic E-state index is 14.9. The lowest BCUT2D eigenvalue weighted by Crippen LogP contribution is -2.18. The summed E-state index contributed by atoms with van der Waals surface area (Å²) in [6.07, 6.45) is 3.14. The Morgan fingerprint density at radius 3 is 2.78 bits per heavy atom. The van der Waals surface area contributed by atoms with Crippen LogP contribution in [0.2, 0.25) is 10.0 Å². The topological polar surface area (TPSA) is 91.9 Å². The molecule has 27 heavy (non-hydrogen) atoms. The van der Waals surface area contributed by atoms with Crippen molar-refractivity contribution in [2.45, 2.75) is 13.3 Å². The zero-order chi connectivity index (χ0) is 19.8. The number of sulfonamides is 1. The number of halogens is 3. The largest absolute Gasteiger partial charge is 0.345 e. The Kier molecular flexibility index (Phi) is 5.41. The highest BCUT2D eigenvalue weighted by molar-refractivity contribution is 7.92. The number of ketones is 1. The lowest BCUT2D eigenvalue weighted by atomic mass is 10.0. The van der Waals surface area contributed by atoms with E-state index in [4.69, 9.17) is 23.2 Å². The molecule has 1 aromatic carbocycles. The zero-order valence-electron chi connectivity index (χ0n) is 14.0. The second kappa shape index (κ2) is 7.46. The Morgan fingerprint density at radius 1 is 1.33 bits per heavy atom. The average Bonchev–Trinajstić information content (AvgIpc) is 3.00. The van der Waals surface area contributed by atoms with Crippen molar-refractivity contribution in [3.05, 3.63) is 57.6 Å². The molecule has 3 aromatic rings. The molecule has 0 aliphatic carbocycles. The normalized spacial score (nSPS) is 11.7. The van der Waals surface area contributed by atoms with Gasteiger partial charge in [-0.15, -0.1) is 0 Å². The highest BCUT2D eigenvalue weighted by atomic mass is 35.5. The molecule has 0 radical (unpaired) electrons. The number of hydrogen-bond donors (Lipinski definition) is 2. The number of aromatic amines is 1. The molecular formula is C17H14Cl2FN3O3S. The quantitative estimate of drug-likeness (QED) is 0.568. The lowest BCUT2D eigenvalue weighted by molar-refractivity contribution is 0.103. The van der Waals surface area contributed by atoms with E-state index >= 15 is 0 Å². The van der Waals surface area contributed by atoms with Crippen molar-refractivity contribution in [2.75, 3.05) is 10.5 Å². The molecule has 0 bridgehead atoms. The number of pyridine rings is 1. The fourth-order valence-electron chi connectivity index (χ4n) is 2.63. The van der Waals surface area contributed by atoms with Gasteiger partial charge in [0, 0.05) is 23.3 Å². The van der Waals surface area contributed by atoms with E-state index in [1.54, 1.807) is 6.92 Å². The molecule has 0 atom stereocenters. The number of rotatable bonds is 6. The molecule has 142 valence electrons. The van der Waals surface area contributed by atoms with Crippen LogP contribution < -0.4 is 4.72 Å². The van der Waals surface area contributed by atoms with Crippen molar-refractivity contribution in [2.24, 2.45) is 0 Å². The Labute approximate surface area is 164 Å². The van der Waals surface area contributed by atoms with Crippen molar-refractivity contribution >= 4 is 55.7 Å². The summed E-state index contributed by atoms with van der Waals surface area (Å²) < 4.78 is 41.0. The smallest absolute Gasteiger partial charge is 0.232 e. The molecule has 0 fully saturated rings. The number of nitrogens with one attached hydrogen (secondary N) is 2. The number of anilines is 1. The van der Waals surface area contributed by atoms with E-state index < -0.39 is 27.2 Å². The van der Waals surface area contributed by atoms with E-state index in [1.165, 1.54) is 30.6 Å². The molecule has 0 saturated heterocycles. The fourth-order valence-corrected chi connectivity index (χ4v) is 4.15. The third-order valence-electron chi connectivity index (χ3n) is 3.80. The SMILES string of the molecule is CCCS(=O)(=O)Nc1ccc(Cl)c(C(=O)c2c[nH]c3ncc(Cl)cc23)c1F. The maximum absolute atomic E-state index is 14.9. The van der Waals surface area contributed by atoms with Gasteiger partial charge in [0.05, 0.1) is 27.0 Å². The minimum Gasteiger partial charge on any atom is -0.345 e. The van der Waals surface area contributed by atoms with Crippen LogP contribution in [0.15, 0.2) is 30.6 Å². The molecule has 0 aliphatic heterocycles. The summed E-state index contributed by atoms with van der Waals surface area (Å²) in [5.74, 6) is -1.94. The van der Waals surface area contributed by atoms with Crippen LogP contribution >= 0.6 is 23.2 Å². The lowest BCUT2D eigenvalue weighted by Gasteiger charge is -2.12. The Morgan fingerprint density at radius 2 is 2.07 bits per heavy atom. The second-order valence-electron chi connectivity index (χ2n) is 5.79. The van der Waals surface area contributed by atoms with Gasteiger partial charge in [-0.2, -0.15) is 0 Å². The van der Waals surface area contributed by atoms with Crippen molar-refractivity contribution in [1.82, 2.24) is 9.97 Å². The minimum atomic E-state index is -3.73. The van der Waals surface area contributed by atoms with E-state index in [9.17, 15) is 17.6 Å². The number of nitrogens with zero attached hydrogens (tertiary/aromatic N) is 1. The molecule has 0 aliphatic rings. The number of fused-ring (bicyclic) bond motifs is 1. The van der Waals surface area contributed by atoms with E-state index in [-0.39, 0.29) is 22.0 Å². The first-order valence-electron chi connectivity index (χ1n) is 7.89. The number of hydrogen-bond acceptors (Lipinski definition) is 4. The number of aromatic nitrogens is 2. The third kappa shape index (κ3) is 3.92. The van der Waals surface area contributed by atoms with Gasteiger partial charge in [0.15, 0.2) is 11.6 Å². The first-order valence-corrected chi connectivity index (χ1v) is 10.3. The van der Waals surface area contributed by atoms with Crippen LogP contribution in [-0.4, -0.2) is 29.9 Å². The zero-order valence-corrected chi connectivity index (χ0v) is 16.3. The van der Waals surface area contributed by atoms with Crippen LogP contribution in [0, 0.1) is 5.82 Å². The monoisotopic (exact) mass is 429 g/mol. The molecule has 10 heteroatoms. The number of carbonyl (C=O) groups excluding carboxylic acids is 1. The van der Waals surface area contributed by atoms with Gasteiger partial charge in [-0.25, -0.2) is 17.8 Å². The Hall–Kier alpha value is -2.16. The standard InChI is InChI=1S/C17H14Cl2FN3O3S/c1-2-5-27(25,26)23-13-4-3-12(19)14(15(13)20)16(24)11-8-22-17-10(11)6-9(18)7-21-17/h3-4,6-8,23H,2,5H2,1H3,(H,21,22). The highest BCUT2D eigenvalue weighted by Gasteiger charge is 2.25. The van der Waals surface area contributed by atoms with Crippen LogP contribution in [0.25, 0.3) is 11.0 Å². The molecular weight excluding hydrogens is 416 g/mol. The molecule has 6 nitrogen and oxygen atoms in total. The van der Waals surface area contributed by atoms with Crippen LogP contribution in [0.5, 0.6) is 0 Å². The van der Waals surface area contributed by atoms with Gasteiger partial charge in [0.25, 0.3) is 0 Å². The summed E-state index contributed by atoms with van der Waals surface area (Å²) in [7, 11) is -3.73. The number of H-pyrrole nitrogens is 1. The fraction of sp³-hybridized carbons (Fsp3) is 0.176. The van der Waals surface area contributed by atoms with Gasteiger partial charge in [-0.3, -0.25) is 9.52 Å². The van der Waals surface area contributed by atoms with Gasteiger partial charge in [-0.05, 0) is 24.6 Å². The summed E-state index contributed by atoms with van der Waals surface area (Å²) in [5, 5.41) is 0.573. The van der Waals surface area contributed by atoms with Crippen LogP contribution in [-0.2, 0) is 10.0 Å². The van der Waals surface area contributed by atoms with Gasteiger partial charge in [0.1, 0.15) is 5.65 Å². The first kappa shape index (κ1) is 19.6. The minimum absolute atomic E-state index is 0.120. The molecule has 2 aromatic heterocycles. The molecule has 0 amide bonds. The Bertz CT molecular complexity index is 1150. The van der Waals surface area contributed by atoms with E-state index in [0.29, 0.717) is 22.5 Å². The van der Waals surface area contributed by atoms with Gasteiger partial charge < -0.3 is 4.98 Å². The predicted octanol–water partition coefficient (Wildman–Crippen LogP) is 4.39. The Balaban J connectivity index is 2.09. The van der Waals surface area contributed by atoms with E-state index in [1.807, 2.05) is 0 Å². The molecule has 2 N–H and O–H groups in total. The number of carbonyl (C=O) groups is 1. The summed E-state index contributed by atoms with van der Waals surface area (Å²) in [4.78, 5) is 19.8. The predicted molar refractivity (Wildman–Crippen MR) is 104 cm³/mol. The molecule has 0 spiro atoms. The third-order valence-corrected chi connectivity index (χ3v) is 5.80. The molecule has 3 rings (SSSR count). The highest BCUT2D eigenvalue weighted by Crippen LogP contribution is 2.31. The summed E-state index contributed by atoms with van der Waals surface area (Å²) >= 11 is 12.0. The molecule has 2 heterocycles. The van der Waals surface area contributed by atoms with E-state index in [0.717, 1.165) is 0 Å². The maximum Gasteiger partial charge on any atom is 0.232 e. The van der Waals surface area contributed by atoms with Crippen molar-refractivity contribution in [1.29, 1.82) is 0 Å². The first-order chi connectivity index (χ1) is 12.7.